The van der Waals surface area contributed by atoms with E-state index in [2.05, 4.69) is 10.6 Å². The molecule has 2 N–H and O–H groups in total. The summed E-state index contributed by atoms with van der Waals surface area (Å²) >= 11 is 5.30. The number of anilines is 2. The van der Waals surface area contributed by atoms with Crippen LogP contribution >= 0.6 is 12.2 Å². The topological polar surface area (TPSA) is 59.6 Å². The predicted octanol–water partition coefficient (Wildman–Crippen LogP) is 1.40. The van der Waals surface area contributed by atoms with Gasteiger partial charge in [-0.2, -0.15) is 0 Å². The summed E-state index contributed by atoms with van der Waals surface area (Å²) in [6, 6.07) is 15.3. The summed E-state index contributed by atoms with van der Waals surface area (Å²) in [6.07, 6.45) is 3.28. The van der Waals surface area contributed by atoms with Gasteiger partial charge in [0.05, 0.1) is 13.2 Å². The molecule has 0 amide bonds. The predicted molar refractivity (Wildman–Crippen MR) is 116 cm³/mol. The number of rotatable bonds is 6. The largest absolute Gasteiger partial charge is 1.00 e. The van der Waals surface area contributed by atoms with Crippen molar-refractivity contribution in [1.29, 1.82) is 0 Å². The van der Waals surface area contributed by atoms with Gasteiger partial charge in [0.1, 0.15) is 11.5 Å². The van der Waals surface area contributed by atoms with Gasteiger partial charge in [-0.15, -0.1) is 0 Å². The molecule has 0 heterocycles. The summed E-state index contributed by atoms with van der Waals surface area (Å²) < 4.78 is 20.4. The average molecular weight is 419 g/mol. The van der Waals surface area contributed by atoms with Crippen LogP contribution in [0.2, 0.25) is 0 Å². The van der Waals surface area contributed by atoms with E-state index in [1.807, 2.05) is 62.4 Å². The minimum absolute atomic E-state index is 0. The van der Waals surface area contributed by atoms with Crippen LogP contribution in [0, 0.1) is 0 Å². The van der Waals surface area contributed by atoms with Crippen molar-refractivity contribution >= 4 is 39.5 Å². The molecule has 2 aromatic rings. The molecule has 0 unspecified atom stereocenters. The van der Waals surface area contributed by atoms with Crippen molar-refractivity contribution in [3.63, 3.8) is 0 Å². The zero-order chi connectivity index (χ0) is 19.4. The molecular formula is C19H27N2NaO3S2. The van der Waals surface area contributed by atoms with Crippen LogP contribution in [0.25, 0.3) is 0 Å². The maximum atomic E-state index is 9.56. The molecule has 2 rings (SSSR count). The second kappa shape index (κ2) is 14.9. The van der Waals surface area contributed by atoms with Crippen LogP contribution < -0.4 is 49.7 Å². The molecule has 0 spiro atoms. The van der Waals surface area contributed by atoms with Crippen molar-refractivity contribution in [2.24, 2.45) is 0 Å². The van der Waals surface area contributed by atoms with Crippen molar-refractivity contribution < 1.29 is 44.7 Å². The molecular weight excluding hydrogens is 391 g/mol. The fourth-order valence-corrected chi connectivity index (χ4v) is 2.13. The minimum Gasteiger partial charge on any atom is -1.00 e. The first-order valence-corrected chi connectivity index (χ1v) is 10.6. The van der Waals surface area contributed by atoms with Crippen LogP contribution in [-0.2, 0) is 10.8 Å². The van der Waals surface area contributed by atoms with E-state index in [0.29, 0.717) is 18.3 Å². The maximum Gasteiger partial charge on any atom is 1.00 e. The van der Waals surface area contributed by atoms with Crippen LogP contribution in [0.4, 0.5) is 11.4 Å². The Morgan fingerprint density at radius 2 is 1.19 bits per heavy atom. The third-order valence-electron chi connectivity index (χ3n) is 2.85. The monoisotopic (exact) mass is 418 g/mol. The van der Waals surface area contributed by atoms with Gasteiger partial charge in [0.15, 0.2) is 5.11 Å². The van der Waals surface area contributed by atoms with Gasteiger partial charge >= 0.3 is 29.6 Å². The molecule has 0 aliphatic rings. The Labute approximate surface area is 193 Å². The molecule has 0 atom stereocenters. The Kier molecular flexibility index (Phi) is 14.3. The fourth-order valence-electron chi connectivity index (χ4n) is 1.90. The number of hydrogen-bond donors (Lipinski definition) is 2. The Bertz CT molecular complexity index is 644. The zero-order valence-corrected chi connectivity index (χ0v) is 20.2. The first-order valence-electron chi connectivity index (χ1n) is 8.23. The van der Waals surface area contributed by atoms with Gasteiger partial charge in [-0.05, 0) is 74.6 Å². The van der Waals surface area contributed by atoms with Crippen molar-refractivity contribution in [3.05, 3.63) is 48.5 Å². The maximum absolute atomic E-state index is 9.56. The summed E-state index contributed by atoms with van der Waals surface area (Å²) in [5.41, 5.74) is 1.82. The molecule has 2 aromatic carbocycles. The van der Waals surface area contributed by atoms with Gasteiger partial charge in [-0.3, -0.25) is 4.21 Å². The summed E-state index contributed by atoms with van der Waals surface area (Å²) in [4.78, 5) is 0. The van der Waals surface area contributed by atoms with E-state index in [1.54, 1.807) is 12.5 Å². The van der Waals surface area contributed by atoms with E-state index < -0.39 is 10.8 Å². The number of thiocarbonyl (C=S) groups is 1. The van der Waals surface area contributed by atoms with E-state index in [-0.39, 0.29) is 31.0 Å². The molecule has 0 saturated heterocycles. The smallest absolute Gasteiger partial charge is 1.00 e. The van der Waals surface area contributed by atoms with Crippen LogP contribution in [-0.4, -0.2) is 35.0 Å². The molecule has 5 nitrogen and oxygen atoms in total. The molecule has 0 radical (unpaired) electrons. The molecule has 0 fully saturated rings. The van der Waals surface area contributed by atoms with Crippen molar-refractivity contribution in [2.45, 2.75) is 13.8 Å². The summed E-state index contributed by atoms with van der Waals surface area (Å²) in [5, 5.41) is 6.80. The number of benzene rings is 2. The van der Waals surface area contributed by atoms with Crippen molar-refractivity contribution in [2.75, 3.05) is 36.4 Å². The average Bonchev–Trinajstić information content (AvgIpc) is 2.58. The Morgan fingerprint density at radius 1 is 0.889 bits per heavy atom. The first-order chi connectivity index (χ1) is 12.4. The Balaban J connectivity index is 0. The van der Waals surface area contributed by atoms with E-state index >= 15 is 0 Å². The molecule has 8 heteroatoms. The van der Waals surface area contributed by atoms with E-state index in [4.69, 9.17) is 21.7 Å². The van der Waals surface area contributed by atoms with Crippen molar-refractivity contribution in [3.8, 4) is 11.5 Å². The van der Waals surface area contributed by atoms with Gasteiger partial charge in [0.25, 0.3) is 0 Å². The molecule has 0 saturated carbocycles. The summed E-state index contributed by atoms with van der Waals surface area (Å²) in [7, 11) is -0.611. The van der Waals surface area contributed by atoms with Gasteiger partial charge in [0.2, 0.25) is 0 Å². The number of ether oxygens (including phenoxy) is 2. The third kappa shape index (κ3) is 12.0. The normalized spacial score (nSPS) is 9.37. The van der Waals surface area contributed by atoms with Gasteiger partial charge in [0, 0.05) is 34.7 Å². The van der Waals surface area contributed by atoms with E-state index in [0.717, 1.165) is 22.9 Å². The van der Waals surface area contributed by atoms with Crippen molar-refractivity contribution in [1.82, 2.24) is 0 Å². The number of nitrogens with one attached hydrogen (secondary N) is 2. The molecule has 0 aromatic heterocycles. The zero-order valence-electron chi connectivity index (χ0n) is 17.6. The summed E-state index contributed by atoms with van der Waals surface area (Å²) in [6.45, 7) is 5.24. The summed E-state index contributed by atoms with van der Waals surface area (Å²) in [5.74, 6) is 1.69. The second-order valence-corrected chi connectivity index (χ2v) is 7.13. The Morgan fingerprint density at radius 3 is 1.44 bits per heavy atom. The van der Waals surface area contributed by atoms with Gasteiger partial charge in [-0.25, -0.2) is 0 Å². The van der Waals surface area contributed by atoms with E-state index in [1.165, 1.54) is 0 Å². The second-order valence-electron chi connectivity index (χ2n) is 5.24. The molecule has 0 bridgehead atoms. The third-order valence-corrected chi connectivity index (χ3v) is 3.05. The standard InChI is InChI=1S/C17H20N2O2S.C2H6OS.Na.H/c1-3-20-15-9-5-13(6-10-15)18-17(22)19-14-7-11-16(12-8-14)21-4-2;1-4(2)3;;/h5-12H,3-4H2,1-2H3,(H2,18,19,22);1-2H3;;/q;;+1;-1. The fraction of sp³-hybridized carbons (Fsp3) is 0.316. The van der Waals surface area contributed by atoms with E-state index in [9.17, 15) is 4.21 Å². The van der Waals surface area contributed by atoms with Crippen LogP contribution in [0.1, 0.15) is 15.3 Å². The first kappa shape index (κ1) is 25.9. The van der Waals surface area contributed by atoms with Crippen LogP contribution in [0.5, 0.6) is 11.5 Å². The van der Waals surface area contributed by atoms with Crippen LogP contribution in [0.15, 0.2) is 48.5 Å². The number of hydrogen-bond acceptors (Lipinski definition) is 4. The Hall–Kier alpha value is -1.12. The van der Waals surface area contributed by atoms with Crippen LogP contribution in [0.3, 0.4) is 0 Å². The minimum atomic E-state index is -0.611. The van der Waals surface area contributed by atoms with Gasteiger partial charge < -0.3 is 21.5 Å². The quantitative estimate of drug-likeness (QED) is 0.546. The molecule has 144 valence electrons. The van der Waals surface area contributed by atoms with Gasteiger partial charge in [-0.1, -0.05) is 0 Å². The molecule has 0 aliphatic carbocycles. The molecule has 0 aliphatic heterocycles. The molecule has 27 heavy (non-hydrogen) atoms. The SMILES string of the molecule is CCOc1ccc(NC(=S)Nc2ccc(OCC)cc2)cc1.CS(C)=O.[H-].[Na+].